The Kier molecular flexibility index (Phi) is 4.68. The summed E-state index contributed by atoms with van der Waals surface area (Å²) in [5.41, 5.74) is 0. The highest BCUT2D eigenvalue weighted by molar-refractivity contribution is 5.90. The molecule has 108 valence electrons. The lowest BCUT2D eigenvalue weighted by atomic mass is 10.1. The van der Waals surface area contributed by atoms with Crippen LogP contribution in [0.3, 0.4) is 0 Å². The Morgan fingerprint density at radius 3 is 2.74 bits per heavy atom. The predicted molar refractivity (Wildman–Crippen MR) is 62.7 cm³/mol. The number of rotatable bonds is 6. The first-order valence-corrected chi connectivity index (χ1v) is 6.52. The minimum Gasteiger partial charge on any atom is -0.374 e. The number of alkyl halides is 2. The monoisotopic (exact) mass is 276 g/mol. The highest BCUT2D eigenvalue weighted by Gasteiger charge is 2.40. The molecule has 0 bridgehead atoms. The summed E-state index contributed by atoms with van der Waals surface area (Å²) < 4.78 is 28.6. The lowest BCUT2D eigenvalue weighted by molar-refractivity contribution is -0.134. The Balaban J connectivity index is 1.83. The van der Waals surface area contributed by atoms with Crippen LogP contribution in [0, 0.1) is 5.92 Å². The molecule has 0 aromatic rings. The van der Waals surface area contributed by atoms with Gasteiger partial charge in [-0.15, -0.1) is 0 Å². The molecule has 1 saturated heterocycles. The smallest absolute Gasteiger partial charge is 0.261 e. The average molecular weight is 276 g/mol. The summed E-state index contributed by atoms with van der Waals surface area (Å²) in [6, 6.07) is -0.440. The number of hydrogen-bond donors (Lipinski definition) is 1. The maximum atomic E-state index is 12.2. The van der Waals surface area contributed by atoms with E-state index in [9.17, 15) is 18.4 Å². The van der Waals surface area contributed by atoms with Crippen LogP contribution >= 0.6 is 0 Å². The molecule has 1 aliphatic carbocycles. The highest BCUT2D eigenvalue weighted by Crippen LogP contribution is 2.34. The third-order valence-corrected chi connectivity index (χ3v) is 3.35. The second kappa shape index (κ2) is 6.27. The Morgan fingerprint density at radius 1 is 1.37 bits per heavy atom. The normalized spacial score (nSPS) is 24.6. The van der Waals surface area contributed by atoms with E-state index in [1.807, 2.05) is 0 Å². The van der Waals surface area contributed by atoms with Crippen molar-refractivity contribution in [2.45, 2.75) is 31.7 Å². The molecule has 0 aromatic heterocycles. The maximum absolute atomic E-state index is 12.2. The van der Waals surface area contributed by atoms with Gasteiger partial charge in [0.05, 0.1) is 6.61 Å². The summed E-state index contributed by atoms with van der Waals surface area (Å²) in [6.45, 7) is 0.0303. The van der Waals surface area contributed by atoms with Gasteiger partial charge in [-0.2, -0.15) is 0 Å². The van der Waals surface area contributed by atoms with Crippen molar-refractivity contribution in [2.75, 3.05) is 26.3 Å². The number of nitrogens with one attached hydrogen (secondary N) is 1. The highest BCUT2D eigenvalue weighted by atomic mass is 19.3. The number of hydrogen-bond acceptors (Lipinski definition) is 3. The SMILES string of the molecule is O=C1CCN(CCOCC(F)F)C(=O)C(C2CC2)N1. The van der Waals surface area contributed by atoms with Gasteiger partial charge < -0.3 is 15.0 Å². The fraction of sp³-hybridized carbons (Fsp3) is 0.833. The molecular formula is C12H18F2N2O3. The van der Waals surface area contributed by atoms with Crippen LogP contribution in [0.2, 0.25) is 0 Å². The van der Waals surface area contributed by atoms with Gasteiger partial charge in [-0.05, 0) is 18.8 Å². The van der Waals surface area contributed by atoms with Gasteiger partial charge in [0.15, 0.2) is 0 Å². The van der Waals surface area contributed by atoms with Crippen molar-refractivity contribution in [2.24, 2.45) is 5.92 Å². The van der Waals surface area contributed by atoms with E-state index in [-0.39, 0.29) is 37.3 Å². The molecule has 2 rings (SSSR count). The average Bonchev–Trinajstić information content (AvgIpc) is 3.17. The summed E-state index contributed by atoms with van der Waals surface area (Å²) >= 11 is 0. The predicted octanol–water partition coefficient (Wildman–Crippen LogP) is 0.395. The summed E-state index contributed by atoms with van der Waals surface area (Å²) in [4.78, 5) is 25.3. The fourth-order valence-electron chi connectivity index (χ4n) is 2.17. The molecule has 1 N–H and O–H groups in total. The van der Waals surface area contributed by atoms with Gasteiger partial charge >= 0.3 is 0 Å². The van der Waals surface area contributed by atoms with E-state index < -0.39 is 19.1 Å². The van der Waals surface area contributed by atoms with Crippen molar-refractivity contribution in [3.05, 3.63) is 0 Å². The number of halogens is 2. The van der Waals surface area contributed by atoms with Crippen LogP contribution < -0.4 is 5.32 Å². The molecule has 2 aliphatic rings. The van der Waals surface area contributed by atoms with Crippen LogP contribution in [0.4, 0.5) is 8.78 Å². The van der Waals surface area contributed by atoms with Gasteiger partial charge in [0, 0.05) is 19.5 Å². The van der Waals surface area contributed by atoms with Crippen molar-refractivity contribution >= 4 is 11.8 Å². The van der Waals surface area contributed by atoms with Crippen LogP contribution in [-0.4, -0.2) is 55.5 Å². The minimum atomic E-state index is -2.50. The quantitative estimate of drug-likeness (QED) is 0.714. The first-order chi connectivity index (χ1) is 9.08. The minimum absolute atomic E-state index is 0.0711. The number of carbonyl (C=O) groups is 2. The molecule has 0 spiro atoms. The van der Waals surface area contributed by atoms with E-state index in [1.165, 1.54) is 4.90 Å². The fourth-order valence-corrected chi connectivity index (χ4v) is 2.17. The molecule has 7 heteroatoms. The zero-order valence-corrected chi connectivity index (χ0v) is 10.6. The molecule has 0 aromatic carbocycles. The van der Waals surface area contributed by atoms with Crippen molar-refractivity contribution in [1.29, 1.82) is 0 Å². The zero-order chi connectivity index (χ0) is 13.8. The summed E-state index contributed by atoms with van der Waals surface area (Å²) in [6.07, 6.45) is -0.342. The van der Waals surface area contributed by atoms with Crippen LogP contribution in [-0.2, 0) is 14.3 Å². The first-order valence-electron chi connectivity index (χ1n) is 6.52. The van der Waals surface area contributed by atoms with E-state index in [1.54, 1.807) is 0 Å². The van der Waals surface area contributed by atoms with Gasteiger partial charge in [0.1, 0.15) is 12.6 Å². The van der Waals surface area contributed by atoms with Gasteiger partial charge in [-0.3, -0.25) is 9.59 Å². The molecule has 19 heavy (non-hydrogen) atoms. The summed E-state index contributed by atoms with van der Waals surface area (Å²) in [7, 11) is 0. The lowest BCUT2D eigenvalue weighted by Crippen LogP contribution is -2.46. The molecular weight excluding hydrogens is 258 g/mol. The lowest BCUT2D eigenvalue weighted by Gasteiger charge is -2.23. The van der Waals surface area contributed by atoms with E-state index in [0.29, 0.717) is 6.54 Å². The van der Waals surface area contributed by atoms with Gasteiger partial charge in [-0.1, -0.05) is 0 Å². The molecule has 0 radical (unpaired) electrons. The number of ether oxygens (including phenoxy) is 1. The topological polar surface area (TPSA) is 58.6 Å². The Hall–Kier alpha value is -1.24. The number of amides is 2. The van der Waals surface area contributed by atoms with Crippen LogP contribution in [0.15, 0.2) is 0 Å². The van der Waals surface area contributed by atoms with Crippen LogP contribution in [0.5, 0.6) is 0 Å². The van der Waals surface area contributed by atoms with Gasteiger partial charge in [0.25, 0.3) is 6.43 Å². The Labute approximate surface area is 110 Å². The molecule has 1 saturated carbocycles. The molecule has 1 atom stereocenters. The van der Waals surface area contributed by atoms with E-state index in [0.717, 1.165) is 12.8 Å². The van der Waals surface area contributed by atoms with E-state index >= 15 is 0 Å². The molecule has 2 amide bonds. The number of carbonyl (C=O) groups excluding carboxylic acids is 2. The third-order valence-electron chi connectivity index (χ3n) is 3.35. The largest absolute Gasteiger partial charge is 0.374 e. The molecule has 1 unspecified atom stereocenters. The summed E-state index contributed by atoms with van der Waals surface area (Å²) in [5, 5.41) is 2.74. The zero-order valence-electron chi connectivity index (χ0n) is 10.6. The standard InChI is InChI=1S/C12H18F2N2O3/c13-9(14)7-19-6-5-16-4-3-10(17)15-11(12(16)18)8-1-2-8/h8-9,11H,1-7H2,(H,15,17). The summed E-state index contributed by atoms with van der Waals surface area (Å²) in [5.74, 6) is -0.00530. The molecule has 2 fully saturated rings. The first kappa shape index (κ1) is 14.2. The molecule has 1 aliphatic heterocycles. The van der Waals surface area contributed by atoms with Crippen molar-refractivity contribution in [3.8, 4) is 0 Å². The third kappa shape index (κ3) is 4.12. The van der Waals surface area contributed by atoms with Gasteiger partial charge in [-0.25, -0.2) is 8.78 Å². The molecule has 5 nitrogen and oxygen atoms in total. The van der Waals surface area contributed by atoms with Crippen LogP contribution in [0.25, 0.3) is 0 Å². The molecule has 1 heterocycles. The second-order valence-electron chi connectivity index (χ2n) is 4.92. The van der Waals surface area contributed by atoms with E-state index in [4.69, 9.17) is 4.74 Å². The maximum Gasteiger partial charge on any atom is 0.261 e. The van der Waals surface area contributed by atoms with Crippen molar-refractivity contribution in [3.63, 3.8) is 0 Å². The Bertz CT molecular complexity index is 348. The number of nitrogens with zero attached hydrogens (tertiary/aromatic N) is 1. The Morgan fingerprint density at radius 2 is 2.11 bits per heavy atom. The van der Waals surface area contributed by atoms with Crippen molar-refractivity contribution in [1.82, 2.24) is 10.2 Å². The van der Waals surface area contributed by atoms with Gasteiger partial charge in [0.2, 0.25) is 11.8 Å². The van der Waals surface area contributed by atoms with Crippen LogP contribution in [0.1, 0.15) is 19.3 Å². The van der Waals surface area contributed by atoms with E-state index in [2.05, 4.69) is 5.32 Å². The van der Waals surface area contributed by atoms with Crippen molar-refractivity contribution < 1.29 is 23.1 Å². The second-order valence-corrected chi connectivity index (χ2v) is 4.92.